The fourth-order valence-electron chi connectivity index (χ4n) is 1.66. The maximum absolute atomic E-state index is 13.6. The third-order valence-corrected chi connectivity index (χ3v) is 2.90. The monoisotopic (exact) mass is 314 g/mol. The maximum Gasteiger partial charge on any atom is 0.416 e. The summed E-state index contributed by atoms with van der Waals surface area (Å²) in [6.45, 7) is 0. The van der Waals surface area contributed by atoms with Crippen molar-refractivity contribution in [1.29, 1.82) is 5.26 Å². The Kier molecular flexibility index (Phi) is 4.05. The molecule has 2 aromatic carbocycles. The molecule has 0 saturated carbocycles. The van der Waals surface area contributed by atoms with Gasteiger partial charge in [0.1, 0.15) is 11.9 Å². The molecule has 0 aromatic heterocycles. The van der Waals surface area contributed by atoms with Crippen molar-refractivity contribution >= 4 is 23.0 Å². The molecule has 2 nitrogen and oxygen atoms in total. The van der Waals surface area contributed by atoms with Gasteiger partial charge >= 0.3 is 6.18 Å². The Bertz CT molecular complexity index is 720. The quantitative estimate of drug-likeness (QED) is 0.782. The van der Waals surface area contributed by atoms with Gasteiger partial charge in [0.2, 0.25) is 0 Å². The fourth-order valence-corrected chi connectivity index (χ4v) is 1.83. The number of hydrogen-bond acceptors (Lipinski definition) is 2. The van der Waals surface area contributed by atoms with Gasteiger partial charge in [0.05, 0.1) is 22.5 Å². The average Bonchev–Trinajstić information content (AvgIpc) is 2.40. The highest BCUT2D eigenvalue weighted by Crippen LogP contribution is 2.33. The van der Waals surface area contributed by atoms with E-state index in [4.69, 9.17) is 16.9 Å². The van der Waals surface area contributed by atoms with Crippen LogP contribution in [0, 0.1) is 17.1 Å². The molecule has 0 radical (unpaired) electrons. The zero-order valence-electron chi connectivity index (χ0n) is 10.3. The molecular weight excluding hydrogens is 308 g/mol. The summed E-state index contributed by atoms with van der Waals surface area (Å²) in [5.41, 5.74) is -1.12. The van der Waals surface area contributed by atoms with E-state index in [1.165, 1.54) is 18.2 Å². The Morgan fingerprint density at radius 3 is 2.38 bits per heavy atom. The van der Waals surface area contributed by atoms with E-state index in [-0.39, 0.29) is 22.0 Å². The number of nitrogens with one attached hydrogen (secondary N) is 1. The highest BCUT2D eigenvalue weighted by Gasteiger charge is 2.31. The summed E-state index contributed by atoms with van der Waals surface area (Å²) in [6.07, 6.45) is -4.59. The van der Waals surface area contributed by atoms with Crippen molar-refractivity contribution < 1.29 is 17.6 Å². The van der Waals surface area contributed by atoms with Crippen LogP contribution in [0.25, 0.3) is 0 Å². The Morgan fingerprint density at radius 1 is 1.05 bits per heavy atom. The summed E-state index contributed by atoms with van der Waals surface area (Å²) >= 11 is 5.76. The van der Waals surface area contributed by atoms with Crippen LogP contribution in [0.1, 0.15) is 11.1 Å². The zero-order chi connectivity index (χ0) is 15.6. The number of nitrogens with zero attached hydrogens (tertiary/aromatic N) is 1. The molecule has 0 heterocycles. The number of halogens is 5. The van der Waals surface area contributed by atoms with E-state index in [1.54, 1.807) is 0 Å². The SMILES string of the molecule is N#Cc1ccc(Cl)cc1Nc1cc(C(F)(F)F)ccc1F. The molecule has 0 unspecified atom stereocenters. The van der Waals surface area contributed by atoms with Gasteiger partial charge in [-0.1, -0.05) is 11.6 Å². The second-order valence-corrected chi connectivity index (χ2v) is 4.56. The summed E-state index contributed by atoms with van der Waals surface area (Å²) < 4.78 is 51.5. The van der Waals surface area contributed by atoms with E-state index in [1.807, 2.05) is 6.07 Å². The van der Waals surface area contributed by atoms with Gasteiger partial charge in [-0.25, -0.2) is 4.39 Å². The zero-order valence-corrected chi connectivity index (χ0v) is 11.1. The molecular formula is C14H7ClF4N2. The number of alkyl halides is 3. The summed E-state index contributed by atoms with van der Waals surface area (Å²) in [5.74, 6) is -0.869. The molecule has 0 aliphatic rings. The molecule has 0 fully saturated rings. The average molecular weight is 315 g/mol. The molecule has 21 heavy (non-hydrogen) atoms. The number of nitriles is 1. The van der Waals surface area contributed by atoms with Crippen LogP contribution in [0.4, 0.5) is 28.9 Å². The van der Waals surface area contributed by atoms with E-state index in [0.29, 0.717) is 18.2 Å². The van der Waals surface area contributed by atoms with Crippen molar-refractivity contribution in [3.63, 3.8) is 0 Å². The van der Waals surface area contributed by atoms with Gasteiger partial charge in [0.25, 0.3) is 0 Å². The molecule has 0 bridgehead atoms. The van der Waals surface area contributed by atoms with Crippen LogP contribution in [0.3, 0.4) is 0 Å². The number of rotatable bonds is 2. The normalized spacial score (nSPS) is 11.0. The van der Waals surface area contributed by atoms with Gasteiger partial charge in [-0.3, -0.25) is 0 Å². The minimum atomic E-state index is -4.59. The van der Waals surface area contributed by atoms with Crippen LogP contribution < -0.4 is 5.32 Å². The van der Waals surface area contributed by atoms with E-state index in [2.05, 4.69) is 5.32 Å². The van der Waals surface area contributed by atoms with E-state index in [0.717, 1.165) is 0 Å². The first kappa shape index (κ1) is 15.1. The molecule has 0 spiro atoms. The molecule has 0 amide bonds. The summed E-state index contributed by atoms with van der Waals surface area (Å²) in [4.78, 5) is 0. The van der Waals surface area contributed by atoms with Crippen LogP contribution in [0.5, 0.6) is 0 Å². The smallest absolute Gasteiger partial charge is 0.352 e. The molecule has 0 aliphatic carbocycles. The minimum Gasteiger partial charge on any atom is -0.352 e. The van der Waals surface area contributed by atoms with Gasteiger partial charge in [0, 0.05) is 5.02 Å². The van der Waals surface area contributed by atoms with Crippen molar-refractivity contribution in [3.05, 3.63) is 58.4 Å². The fraction of sp³-hybridized carbons (Fsp3) is 0.0714. The molecule has 0 saturated heterocycles. The van der Waals surface area contributed by atoms with E-state index >= 15 is 0 Å². The van der Waals surface area contributed by atoms with Crippen LogP contribution in [-0.2, 0) is 6.18 Å². The highest BCUT2D eigenvalue weighted by atomic mass is 35.5. The summed E-state index contributed by atoms with van der Waals surface area (Å²) in [6, 6.07) is 8.00. The lowest BCUT2D eigenvalue weighted by atomic mass is 10.1. The maximum atomic E-state index is 13.6. The van der Waals surface area contributed by atoms with Crippen LogP contribution in [0.2, 0.25) is 5.02 Å². The third-order valence-electron chi connectivity index (χ3n) is 2.67. The lowest BCUT2D eigenvalue weighted by Gasteiger charge is -2.12. The van der Waals surface area contributed by atoms with Crippen molar-refractivity contribution in [2.45, 2.75) is 6.18 Å². The summed E-state index contributed by atoms with van der Waals surface area (Å²) in [7, 11) is 0. The predicted molar refractivity (Wildman–Crippen MR) is 70.9 cm³/mol. The van der Waals surface area contributed by atoms with Gasteiger partial charge in [-0.15, -0.1) is 0 Å². The Labute approximate surface area is 122 Å². The number of anilines is 2. The number of hydrogen-bond donors (Lipinski definition) is 1. The molecule has 1 N–H and O–H groups in total. The second kappa shape index (κ2) is 5.62. The molecule has 2 rings (SSSR count). The van der Waals surface area contributed by atoms with Gasteiger partial charge in [-0.2, -0.15) is 18.4 Å². The molecule has 7 heteroatoms. The predicted octanol–water partition coefficient (Wildman–Crippen LogP) is 5.11. The Hall–Kier alpha value is -2.26. The van der Waals surface area contributed by atoms with Gasteiger partial charge in [0.15, 0.2) is 0 Å². The lowest BCUT2D eigenvalue weighted by Crippen LogP contribution is -2.06. The van der Waals surface area contributed by atoms with Crippen LogP contribution in [-0.4, -0.2) is 0 Å². The Morgan fingerprint density at radius 2 is 1.76 bits per heavy atom. The van der Waals surface area contributed by atoms with E-state index in [9.17, 15) is 17.6 Å². The molecule has 2 aromatic rings. The summed E-state index contributed by atoms with van der Waals surface area (Å²) in [5, 5.41) is 11.7. The Balaban J connectivity index is 2.45. The van der Waals surface area contributed by atoms with Crippen molar-refractivity contribution in [3.8, 4) is 6.07 Å². The highest BCUT2D eigenvalue weighted by molar-refractivity contribution is 6.30. The van der Waals surface area contributed by atoms with Gasteiger partial charge in [-0.05, 0) is 36.4 Å². The minimum absolute atomic E-state index is 0.128. The topological polar surface area (TPSA) is 35.8 Å². The van der Waals surface area contributed by atoms with Gasteiger partial charge < -0.3 is 5.32 Å². The molecule has 0 aliphatic heterocycles. The van der Waals surface area contributed by atoms with E-state index < -0.39 is 17.6 Å². The first-order chi connectivity index (χ1) is 9.81. The van der Waals surface area contributed by atoms with Crippen molar-refractivity contribution in [2.24, 2.45) is 0 Å². The lowest BCUT2D eigenvalue weighted by molar-refractivity contribution is -0.137. The second-order valence-electron chi connectivity index (χ2n) is 4.12. The largest absolute Gasteiger partial charge is 0.416 e. The van der Waals surface area contributed by atoms with Crippen molar-refractivity contribution in [1.82, 2.24) is 0 Å². The van der Waals surface area contributed by atoms with Crippen molar-refractivity contribution in [2.75, 3.05) is 5.32 Å². The first-order valence-corrected chi connectivity index (χ1v) is 6.02. The number of benzene rings is 2. The van der Waals surface area contributed by atoms with Crippen LogP contribution >= 0.6 is 11.6 Å². The third kappa shape index (κ3) is 3.44. The molecule has 108 valence electrons. The molecule has 0 atom stereocenters. The standard InChI is InChI=1S/C14H7ClF4N2/c15-10-3-1-8(7-20)12(6-10)21-13-5-9(14(17,18)19)2-4-11(13)16/h1-6,21H. The first-order valence-electron chi connectivity index (χ1n) is 5.64. The van der Waals surface area contributed by atoms with Crippen LogP contribution in [0.15, 0.2) is 36.4 Å².